The predicted molar refractivity (Wildman–Crippen MR) is 79.2 cm³/mol. The fourth-order valence-electron chi connectivity index (χ4n) is 1.61. The molecule has 1 amide bonds. The molecule has 0 aliphatic rings. The number of thiazole rings is 1. The van der Waals surface area contributed by atoms with Crippen molar-refractivity contribution in [2.24, 2.45) is 0 Å². The van der Waals surface area contributed by atoms with Crippen molar-refractivity contribution in [3.63, 3.8) is 0 Å². The lowest BCUT2D eigenvalue weighted by Crippen LogP contribution is -2.33. The monoisotopic (exact) mass is 310 g/mol. The number of carboxylic acid groups (broad SMARTS) is 1. The maximum Gasteiger partial charge on any atom is 0.303 e. The Morgan fingerprint density at radius 2 is 2.25 bits per heavy atom. The molecule has 1 atom stereocenters. The molecule has 0 bridgehead atoms. The molecule has 0 saturated heterocycles. The number of hydrogen-bond acceptors (Lipinski definition) is 5. The first-order valence-corrected chi connectivity index (χ1v) is 7.89. The zero-order chi connectivity index (χ0) is 14.5. The van der Waals surface area contributed by atoms with Crippen LogP contribution in [0.2, 0.25) is 0 Å². The Labute approximate surface area is 124 Å². The summed E-state index contributed by atoms with van der Waals surface area (Å²) in [5, 5.41) is 17.8. The Kier molecular flexibility index (Phi) is 4.86. The van der Waals surface area contributed by atoms with Crippen molar-refractivity contribution >= 4 is 34.6 Å². The summed E-state index contributed by atoms with van der Waals surface area (Å²) in [5.41, 5.74) is 1.39. The van der Waals surface area contributed by atoms with Gasteiger partial charge in [0.25, 0.3) is 5.91 Å². The van der Waals surface area contributed by atoms with Gasteiger partial charge >= 0.3 is 5.97 Å². The third kappa shape index (κ3) is 3.88. The standard InChI is InChI=1S/C13H14N2O3S2/c1-8(2-3-11(16)17)14-12(18)10-7-20-13(15-10)9-4-5-19-6-9/h4-8H,2-3H2,1H3,(H,14,18)(H,16,17). The van der Waals surface area contributed by atoms with Gasteiger partial charge in [-0.1, -0.05) is 0 Å². The SMILES string of the molecule is CC(CCC(=O)O)NC(=O)c1csc(-c2ccsc2)n1. The molecule has 2 aromatic rings. The second kappa shape index (κ2) is 6.62. The molecule has 2 aromatic heterocycles. The number of carbonyl (C=O) groups excluding carboxylic acids is 1. The van der Waals surface area contributed by atoms with Crippen LogP contribution in [0.3, 0.4) is 0 Å². The third-order valence-electron chi connectivity index (χ3n) is 2.67. The summed E-state index contributed by atoms with van der Waals surface area (Å²) >= 11 is 3.00. The van der Waals surface area contributed by atoms with Crippen LogP contribution in [0.5, 0.6) is 0 Å². The maximum absolute atomic E-state index is 12.0. The third-order valence-corrected chi connectivity index (χ3v) is 4.25. The molecule has 2 heterocycles. The Morgan fingerprint density at radius 1 is 1.45 bits per heavy atom. The smallest absolute Gasteiger partial charge is 0.303 e. The Hall–Kier alpha value is -1.73. The van der Waals surface area contributed by atoms with Gasteiger partial charge in [-0.2, -0.15) is 11.3 Å². The van der Waals surface area contributed by atoms with E-state index in [1.54, 1.807) is 23.6 Å². The van der Waals surface area contributed by atoms with Crippen molar-refractivity contribution < 1.29 is 14.7 Å². The second-order valence-electron chi connectivity index (χ2n) is 4.36. The Morgan fingerprint density at radius 3 is 2.90 bits per heavy atom. The first kappa shape index (κ1) is 14.7. The van der Waals surface area contributed by atoms with E-state index in [4.69, 9.17) is 5.11 Å². The number of thiophene rings is 1. The summed E-state index contributed by atoms with van der Waals surface area (Å²) < 4.78 is 0. The minimum absolute atomic E-state index is 0.0403. The molecule has 106 valence electrons. The summed E-state index contributed by atoms with van der Waals surface area (Å²) in [6.45, 7) is 1.78. The average molecular weight is 310 g/mol. The highest BCUT2D eigenvalue weighted by Crippen LogP contribution is 2.25. The molecule has 7 heteroatoms. The molecule has 5 nitrogen and oxygen atoms in total. The van der Waals surface area contributed by atoms with Crippen molar-refractivity contribution in [1.82, 2.24) is 10.3 Å². The maximum atomic E-state index is 12.0. The summed E-state index contributed by atoms with van der Waals surface area (Å²) in [4.78, 5) is 26.7. The zero-order valence-electron chi connectivity index (χ0n) is 10.8. The van der Waals surface area contributed by atoms with Crippen LogP contribution in [0.25, 0.3) is 10.6 Å². The first-order valence-electron chi connectivity index (χ1n) is 6.07. The summed E-state index contributed by atoms with van der Waals surface area (Å²) in [6.07, 6.45) is 0.446. The molecule has 0 aliphatic carbocycles. The Bertz CT molecular complexity index is 593. The first-order chi connectivity index (χ1) is 9.56. The highest BCUT2D eigenvalue weighted by molar-refractivity contribution is 7.14. The largest absolute Gasteiger partial charge is 0.481 e. The lowest BCUT2D eigenvalue weighted by molar-refractivity contribution is -0.137. The fourth-order valence-corrected chi connectivity index (χ4v) is 3.12. The van der Waals surface area contributed by atoms with Gasteiger partial charge in [0.05, 0.1) is 0 Å². The zero-order valence-corrected chi connectivity index (χ0v) is 12.5. The van der Waals surface area contributed by atoms with Gasteiger partial charge in [-0.15, -0.1) is 11.3 Å². The van der Waals surface area contributed by atoms with Crippen molar-refractivity contribution in [1.29, 1.82) is 0 Å². The number of aliphatic carboxylic acids is 1. The molecule has 0 fully saturated rings. The van der Waals surface area contributed by atoms with E-state index < -0.39 is 5.97 Å². The van der Waals surface area contributed by atoms with Gasteiger partial charge < -0.3 is 10.4 Å². The van der Waals surface area contributed by atoms with Gasteiger partial charge in [0.1, 0.15) is 10.7 Å². The number of rotatable bonds is 6. The van der Waals surface area contributed by atoms with Crippen LogP contribution < -0.4 is 5.32 Å². The lowest BCUT2D eigenvalue weighted by atomic mass is 10.2. The molecule has 0 saturated carbocycles. The molecule has 2 rings (SSSR count). The van der Waals surface area contributed by atoms with E-state index in [-0.39, 0.29) is 18.4 Å². The number of nitrogens with one attached hydrogen (secondary N) is 1. The van der Waals surface area contributed by atoms with Crippen LogP contribution in [0.15, 0.2) is 22.2 Å². The fraction of sp³-hybridized carbons (Fsp3) is 0.308. The number of carboxylic acids is 1. The number of hydrogen-bond donors (Lipinski definition) is 2. The summed E-state index contributed by atoms with van der Waals surface area (Å²) in [6, 6.07) is 1.77. The van der Waals surface area contributed by atoms with Gasteiger partial charge in [0.15, 0.2) is 0 Å². The second-order valence-corrected chi connectivity index (χ2v) is 5.99. The van der Waals surface area contributed by atoms with E-state index in [2.05, 4.69) is 10.3 Å². The molecular weight excluding hydrogens is 296 g/mol. The van der Waals surface area contributed by atoms with Crippen LogP contribution in [0.1, 0.15) is 30.3 Å². The highest BCUT2D eigenvalue weighted by atomic mass is 32.1. The molecule has 0 aliphatic heterocycles. The van der Waals surface area contributed by atoms with E-state index in [1.165, 1.54) is 11.3 Å². The van der Waals surface area contributed by atoms with Crippen LogP contribution in [0, 0.1) is 0 Å². The van der Waals surface area contributed by atoms with E-state index in [9.17, 15) is 9.59 Å². The van der Waals surface area contributed by atoms with Gasteiger partial charge in [-0.05, 0) is 24.8 Å². The topological polar surface area (TPSA) is 79.3 Å². The number of nitrogens with zero attached hydrogens (tertiary/aromatic N) is 1. The van der Waals surface area contributed by atoms with Gasteiger partial charge in [-0.25, -0.2) is 4.98 Å². The molecule has 20 heavy (non-hydrogen) atoms. The number of aromatic nitrogens is 1. The lowest BCUT2D eigenvalue weighted by Gasteiger charge is -2.11. The molecule has 2 N–H and O–H groups in total. The van der Waals surface area contributed by atoms with Crippen LogP contribution in [-0.2, 0) is 4.79 Å². The number of amides is 1. The average Bonchev–Trinajstić information content (AvgIpc) is 3.06. The van der Waals surface area contributed by atoms with Crippen LogP contribution >= 0.6 is 22.7 Å². The van der Waals surface area contributed by atoms with Crippen molar-refractivity contribution in [3.05, 3.63) is 27.9 Å². The predicted octanol–water partition coefficient (Wildman–Crippen LogP) is 2.85. The van der Waals surface area contributed by atoms with E-state index in [1.807, 2.05) is 16.8 Å². The Balaban J connectivity index is 1.94. The van der Waals surface area contributed by atoms with Gasteiger partial charge in [-0.3, -0.25) is 9.59 Å². The molecule has 0 aromatic carbocycles. The van der Waals surface area contributed by atoms with Gasteiger partial charge in [0, 0.05) is 28.8 Å². The van der Waals surface area contributed by atoms with E-state index in [0.717, 1.165) is 10.6 Å². The van der Waals surface area contributed by atoms with E-state index in [0.29, 0.717) is 12.1 Å². The minimum atomic E-state index is -0.862. The van der Waals surface area contributed by atoms with E-state index >= 15 is 0 Å². The number of carbonyl (C=O) groups is 2. The van der Waals surface area contributed by atoms with Crippen molar-refractivity contribution in [3.8, 4) is 10.6 Å². The molecular formula is C13H14N2O3S2. The summed E-state index contributed by atoms with van der Waals surface area (Å²) in [7, 11) is 0. The van der Waals surface area contributed by atoms with Crippen molar-refractivity contribution in [2.45, 2.75) is 25.8 Å². The summed E-state index contributed by atoms with van der Waals surface area (Å²) in [5.74, 6) is -1.12. The minimum Gasteiger partial charge on any atom is -0.481 e. The van der Waals surface area contributed by atoms with Crippen LogP contribution in [0.4, 0.5) is 0 Å². The normalized spacial score (nSPS) is 12.1. The quantitative estimate of drug-likeness (QED) is 0.860. The molecule has 0 radical (unpaired) electrons. The molecule has 1 unspecified atom stereocenters. The van der Waals surface area contributed by atoms with Crippen molar-refractivity contribution in [2.75, 3.05) is 0 Å². The highest BCUT2D eigenvalue weighted by Gasteiger charge is 2.15. The molecule has 0 spiro atoms. The van der Waals surface area contributed by atoms with Gasteiger partial charge in [0.2, 0.25) is 0 Å². The van der Waals surface area contributed by atoms with Crippen LogP contribution in [-0.4, -0.2) is 28.0 Å².